The molecule has 0 aliphatic heterocycles. The molecular formula is C12H19ClN4O. The highest BCUT2D eigenvalue weighted by Gasteiger charge is 2.19. The van der Waals surface area contributed by atoms with Crippen LogP contribution in [0.4, 0.5) is 5.82 Å². The van der Waals surface area contributed by atoms with Crippen molar-refractivity contribution in [1.82, 2.24) is 15.3 Å². The first-order valence-corrected chi connectivity index (χ1v) is 6.15. The van der Waals surface area contributed by atoms with E-state index in [1.54, 1.807) is 19.9 Å². The molecule has 0 saturated carbocycles. The Morgan fingerprint density at radius 3 is 2.50 bits per heavy atom. The number of nitrogens with zero attached hydrogens (tertiary/aromatic N) is 2. The molecule has 0 aliphatic rings. The van der Waals surface area contributed by atoms with Crippen LogP contribution in [0.25, 0.3) is 0 Å². The normalized spacial score (nSPS) is 13.0. The molecule has 1 unspecified atom stereocenters. The number of halogens is 1. The highest BCUT2D eigenvalue weighted by molar-refractivity contribution is 6.29. The van der Waals surface area contributed by atoms with Gasteiger partial charge in [-0.1, -0.05) is 11.6 Å². The molecule has 100 valence electrons. The number of hydrogen-bond acceptors (Lipinski definition) is 4. The maximum absolute atomic E-state index is 11.9. The summed E-state index contributed by atoms with van der Waals surface area (Å²) in [6.45, 7) is 9.32. The van der Waals surface area contributed by atoms with Gasteiger partial charge >= 0.3 is 0 Å². The molecule has 6 heteroatoms. The van der Waals surface area contributed by atoms with Gasteiger partial charge in [0.05, 0.1) is 0 Å². The summed E-state index contributed by atoms with van der Waals surface area (Å²) in [6.07, 6.45) is 0. The van der Waals surface area contributed by atoms with Crippen molar-refractivity contribution in [3.05, 3.63) is 17.0 Å². The number of nitrogens with one attached hydrogen (secondary N) is 2. The molecule has 1 atom stereocenters. The smallest absolute Gasteiger partial charge is 0.242 e. The molecule has 5 nitrogen and oxygen atoms in total. The highest BCUT2D eigenvalue weighted by atomic mass is 35.5. The third kappa shape index (κ3) is 4.87. The summed E-state index contributed by atoms with van der Waals surface area (Å²) in [6, 6.07) is 1.20. The number of amides is 1. The van der Waals surface area contributed by atoms with Crippen LogP contribution in [0.2, 0.25) is 5.15 Å². The van der Waals surface area contributed by atoms with Gasteiger partial charge in [-0.2, -0.15) is 0 Å². The van der Waals surface area contributed by atoms with Crippen molar-refractivity contribution < 1.29 is 4.79 Å². The Hall–Kier alpha value is -1.36. The monoisotopic (exact) mass is 270 g/mol. The van der Waals surface area contributed by atoms with Gasteiger partial charge in [-0.15, -0.1) is 0 Å². The van der Waals surface area contributed by atoms with Crippen LogP contribution in [0.5, 0.6) is 0 Å². The average molecular weight is 271 g/mol. The lowest BCUT2D eigenvalue weighted by molar-refractivity contribution is -0.122. The van der Waals surface area contributed by atoms with Gasteiger partial charge in [0.15, 0.2) is 0 Å². The lowest BCUT2D eigenvalue weighted by Crippen LogP contribution is -2.47. The number of rotatable bonds is 3. The minimum Gasteiger partial charge on any atom is -0.358 e. The molecule has 1 amide bonds. The van der Waals surface area contributed by atoms with Crippen molar-refractivity contribution in [3.8, 4) is 0 Å². The third-order valence-corrected chi connectivity index (χ3v) is 2.26. The molecule has 0 fully saturated rings. The number of hydrogen-bond donors (Lipinski definition) is 2. The standard InChI is InChI=1S/C12H19ClN4O/c1-7(11(18)17-12(3,4)5)14-10-6-9(13)15-8(2)16-10/h6-7H,1-5H3,(H,17,18)(H,14,15,16). The molecule has 1 rings (SSSR count). The number of aromatic nitrogens is 2. The molecule has 0 bridgehead atoms. The van der Waals surface area contributed by atoms with E-state index >= 15 is 0 Å². The van der Waals surface area contributed by atoms with Gasteiger partial charge < -0.3 is 10.6 Å². The van der Waals surface area contributed by atoms with E-state index < -0.39 is 6.04 Å². The zero-order valence-electron chi connectivity index (χ0n) is 11.3. The second kappa shape index (κ2) is 5.52. The largest absolute Gasteiger partial charge is 0.358 e. The minimum absolute atomic E-state index is 0.0881. The molecule has 0 aliphatic carbocycles. The summed E-state index contributed by atoms with van der Waals surface area (Å²) in [7, 11) is 0. The van der Waals surface area contributed by atoms with E-state index in [0.717, 1.165) is 0 Å². The SMILES string of the molecule is Cc1nc(Cl)cc(NC(C)C(=O)NC(C)(C)C)n1. The second-order valence-corrected chi connectivity index (χ2v) is 5.62. The minimum atomic E-state index is -0.394. The molecule has 1 heterocycles. The van der Waals surface area contributed by atoms with Crippen molar-refractivity contribution in [2.24, 2.45) is 0 Å². The van der Waals surface area contributed by atoms with Crippen LogP contribution >= 0.6 is 11.6 Å². The number of carbonyl (C=O) groups excluding carboxylic acids is 1. The molecule has 2 N–H and O–H groups in total. The second-order valence-electron chi connectivity index (χ2n) is 5.23. The zero-order valence-corrected chi connectivity index (χ0v) is 12.1. The molecule has 0 radical (unpaired) electrons. The zero-order chi connectivity index (χ0) is 13.9. The fourth-order valence-electron chi connectivity index (χ4n) is 1.37. The first-order valence-electron chi connectivity index (χ1n) is 5.77. The third-order valence-electron chi connectivity index (χ3n) is 2.06. The molecule has 0 spiro atoms. The van der Waals surface area contributed by atoms with Gasteiger partial charge in [0.1, 0.15) is 22.8 Å². The molecule has 1 aromatic rings. The average Bonchev–Trinajstić information content (AvgIpc) is 2.12. The van der Waals surface area contributed by atoms with Crippen molar-refractivity contribution in [3.63, 3.8) is 0 Å². The van der Waals surface area contributed by atoms with E-state index in [4.69, 9.17) is 11.6 Å². The predicted octanol–water partition coefficient (Wildman–Crippen LogP) is 2.15. The molecule has 0 saturated heterocycles. The molecule has 1 aromatic heterocycles. The van der Waals surface area contributed by atoms with Crippen LogP contribution in [0.15, 0.2) is 6.07 Å². The van der Waals surface area contributed by atoms with Gasteiger partial charge in [-0.25, -0.2) is 9.97 Å². The predicted molar refractivity (Wildman–Crippen MR) is 72.8 cm³/mol. The summed E-state index contributed by atoms with van der Waals surface area (Å²) < 4.78 is 0. The summed E-state index contributed by atoms with van der Waals surface area (Å²) >= 11 is 5.83. The van der Waals surface area contributed by atoms with E-state index in [0.29, 0.717) is 16.8 Å². The highest BCUT2D eigenvalue weighted by Crippen LogP contribution is 2.12. The Kier molecular flexibility index (Phi) is 4.51. The Morgan fingerprint density at radius 2 is 2.00 bits per heavy atom. The van der Waals surface area contributed by atoms with E-state index in [1.165, 1.54) is 0 Å². The Morgan fingerprint density at radius 1 is 1.39 bits per heavy atom. The number of carbonyl (C=O) groups is 1. The number of aryl methyl sites for hydroxylation is 1. The van der Waals surface area contributed by atoms with Crippen LogP contribution in [-0.4, -0.2) is 27.5 Å². The fraction of sp³-hybridized carbons (Fsp3) is 0.583. The maximum Gasteiger partial charge on any atom is 0.242 e. The lowest BCUT2D eigenvalue weighted by Gasteiger charge is -2.23. The molecule has 0 aromatic carbocycles. The quantitative estimate of drug-likeness (QED) is 0.826. The van der Waals surface area contributed by atoms with Gasteiger partial charge in [0, 0.05) is 11.6 Å². The Labute approximate surface area is 112 Å². The maximum atomic E-state index is 11.9. The fourth-order valence-corrected chi connectivity index (χ4v) is 1.60. The van der Waals surface area contributed by atoms with Gasteiger partial charge in [-0.3, -0.25) is 4.79 Å². The summed E-state index contributed by atoms with van der Waals surface area (Å²) in [5, 5.41) is 6.24. The Bertz CT molecular complexity index is 422. The van der Waals surface area contributed by atoms with Gasteiger partial charge in [-0.05, 0) is 34.6 Å². The summed E-state index contributed by atoms with van der Waals surface area (Å²) in [5.74, 6) is 1.02. The summed E-state index contributed by atoms with van der Waals surface area (Å²) in [5.41, 5.74) is -0.258. The van der Waals surface area contributed by atoms with E-state index in [9.17, 15) is 4.79 Å². The van der Waals surface area contributed by atoms with Crippen LogP contribution in [0, 0.1) is 6.92 Å². The van der Waals surface area contributed by atoms with Crippen molar-refractivity contribution in [1.29, 1.82) is 0 Å². The van der Waals surface area contributed by atoms with Crippen molar-refractivity contribution >= 4 is 23.3 Å². The van der Waals surface area contributed by atoms with Crippen LogP contribution < -0.4 is 10.6 Å². The van der Waals surface area contributed by atoms with Gasteiger partial charge in [0.2, 0.25) is 5.91 Å². The van der Waals surface area contributed by atoms with E-state index in [1.807, 2.05) is 20.8 Å². The van der Waals surface area contributed by atoms with Gasteiger partial charge in [0.25, 0.3) is 0 Å². The first-order chi connectivity index (χ1) is 8.17. The molecule has 18 heavy (non-hydrogen) atoms. The first kappa shape index (κ1) is 14.7. The van der Waals surface area contributed by atoms with Crippen molar-refractivity contribution in [2.75, 3.05) is 5.32 Å². The topological polar surface area (TPSA) is 66.9 Å². The Balaban J connectivity index is 2.69. The number of anilines is 1. The van der Waals surface area contributed by atoms with Crippen LogP contribution in [-0.2, 0) is 4.79 Å². The van der Waals surface area contributed by atoms with Crippen LogP contribution in [0.3, 0.4) is 0 Å². The summed E-state index contributed by atoms with van der Waals surface area (Å²) in [4.78, 5) is 20.0. The molecular weight excluding hydrogens is 252 g/mol. The van der Waals surface area contributed by atoms with E-state index in [2.05, 4.69) is 20.6 Å². The lowest BCUT2D eigenvalue weighted by atomic mass is 10.1. The van der Waals surface area contributed by atoms with Crippen molar-refractivity contribution in [2.45, 2.75) is 46.2 Å². The van der Waals surface area contributed by atoms with E-state index in [-0.39, 0.29) is 11.4 Å². The van der Waals surface area contributed by atoms with Crippen LogP contribution in [0.1, 0.15) is 33.5 Å².